The molecular weight excluding hydrogens is 378 g/mol. The van der Waals surface area contributed by atoms with Crippen LogP contribution in [0.1, 0.15) is 37.4 Å². The zero-order chi connectivity index (χ0) is 17.7. The zero-order valence-corrected chi connectivity index (χ0v) is 16.5. The molecule has 134 valence electrons. The van der Waals surface area contributed by atoms with Crippen molar-refractivity contribution in [2.24, 2.45) is 12.0 Å². The first-order valence-electron chi connectivity index (χ1n) is 8.88. The van der Waals surface area contributed by atoms with Gasteiger partial charge in [0.15, 0.2) is 5.96 Å². The number of hydrogen-bond donors (Lipinski definition) is 2. The molecule has 0 amide bonds. The van der Waals surface area contributed by atoms with E-state index in [1.807, 2.05) is 24.0 Å². The molecule has 0 unspecified atom stereocenters. The summed E-state index contributed by atoms with van der Waals surface area (Å²) in [5.41, 5.74) is 2.74. The van der Waals surface area contributed by atoms with Crippen molar-refractivity contribution >= 4 is 21.9 Å². The van der Waals surface area contributed by atoms with Crippen LogP contribution in [0.2, 0.25) is 0 Å². The van der Waals surface area contributed by atoms with Crippen molar-refractivity contribution < 1.29 is 0 Å². The lowest BCUT2D eigenvalue weighted by molar-refractivity contribution is 0.244. The van der Waals surface area contributed by atoms with Crippen LogP contribution in [0.5, 0.6) is 0 Å². The van der Waals surface area contributed by atoms with Gasteiger partial charge in [-0.2, -0.15) is 5.10 Å². The summed E-state index contributed by atoms with van der Waals surface area (Å²) in [6.45, 7) is 4.47. The van der Waals surface area contributed by atoms with Crippen LogP contribution < -0.4 is 10.6 Å². The van der Waals surface area contributed by atoms with E-state index in [1.165, 1.54) is 24.8 Å². The predicted molar refractivity (Wildman–Crippen MR) is 106 cm³/mol. The summed E-state index contributed by atoms with van der Waals surface area (Å²) in [6, 6.07) is 10.8. The zero-order valence-electron chi connectivity index (χ0n) is 14.9. The van der Waals surface area contributed by atoms with Crippen molar-refractivity contribution in [3.63, 3.8) is 0 Å². The van der Waals surface area contributed by atoms with Crippen LogP contribution in [0.4, 0.5) is 0 Å². The maximum Gasteiger partial charge on any atom is 0.191 e. The summed E-state index contributed by atoms with van der Waals surface area (Å²) in [7, 11) is 1.95. The Morgan fingerprint density at radius 3 is 2.56 bits per heavy atom. The smallest absolute Gasteiger partial charge is 0.191 e. The Labute approximate surface area is 158 Å². The molecular formula is C19H26BrN5. The molecule has 0 radical (unpaired) electrons. The van der Waals surface area contributed by atoms with Crippen molar-refractivity contribution in [2.45, 2.75) is 38.1 Å². The Morgan fingerprint density at radius 2 is 2.00 bits per heavy atom. The molecule has 0 bridgehead atoms. The third-order valence-corrected chi connectivity index (χ3v) is 5.56. The van der Waals surface area contributed by atoms with E-state index in [9.17, 15) is 0 Å². The second-order valence-corrected chi connectivity index (χ2v) is 7.55. The Hall–Kier alpha value is -1.82. The lowest BCUT2D eigenvalue weighted by Crippen LogP contribution is -2.48. The largest absolute Gasteiger partial charge is 0.357 e. The molecule has 0 atom stereocenters. The third-order valence-electron chi connectivity index (χ3n) is 5.03. The van der Waals surface area contributed by atoms with Crippen molar-refractivity contribution in [2.75, 3.05) is 13.1 Å². The Bertz CT molecular complexity index is 716. The van der Waals surface area contributed by atoms with E-state index in [1.54, 1.807) is 0 Å². The van der Waals surface area contributed by atoms with E-state index < -0.39 is 0 Å². The van der Waals surface area contributed by atoms with Crippen LogP contribution in [0.15, 0.2) is 46.0 Å². The molecule has 0 spiro atoms. The van der Waals surface area contributed by atoms with Gasteiger partial charge < -0.3 is 10.6 Å². The molecule has 3 rings (SSSR count). The predicted octanol–water partition coefficient (Wildman–Crippen LogP) is 3.36. The van der Waals surface area contributed by atoms with E-state index in [-0.39, 0.29) is 5.41 Å². The maximum absolute atomic E-state index is 4.71. The minimum absolute atomic E-state index is 0.226. The van der Waals surface area contributed by atoms with Crippen LogP contribution in [0, 0.1) is 0 Å². The van der Waals surface area contributed by atoms with Crippen molar-refractivity contribution in [1.82, 2.24) is 20.4 Å². The Kier molecular flexibility index (Phi) is 5.78. The molecule has 2 aromatic rings. The van der Waals surface area contributed by atoms with Crippen molar-refractivity contribution in [1.29, 1.82) is 0 Å². The number of halogens is 1. The number of aliphatic imine (C=N–C) groups is 1. The molecule has 2 N–H and O–H groups in total. The normalized spacial score (nSPS) is 16.4. The minimum atomic E-state index is 0.226. The van der Waals surface area contributed by atoms with Crippen LogP contribution in [0.3, 0.4) is 0 Å². The Morgan fingerprint density at radius 1 is 1.24 bits per heavy atom. The fourth-order valence-electron chi connectivity index (χ4n) is 3.29. The van der Waals surface area contributed by atoms with Gasteiger partial charge in [0.1, 0.15) is 0 Å². The molecule has 0 saturated heterocycles. The highest BCUT2D eigenvalue weighted by Gasteiger charge is 2.38. The second-order valence-electron chi connectivity index (χ2n) is 6.64. The van der Waals surface area contributed by atoms with Gasteiger partial charge in [0.25, 0.3) is 0 Å². The summed E-state index contributed by atoms with van der Waals surface area (Å²) in [6.07, 6.45) is 5.55. The number of aryl methyl sites for hydroxylation is 1. The van der Waals surface area contributed by atoms with Gasteiger partial charge in [0, 0.05) is 36.2 Å². The Balaban J connectivity index is 1.67. The molecule has 1 saturated carbocycles. The first-order valence-corrected chi connectivity index (χ1v) is 9.67. The van der Waals surface area contributed by atoms with Gasteiger partial charge in [-0.25, -0.2) is 4.99 Å². The summed E-state index contributed by atoms with van der Waals surface area (Å²) in [5.74, 6) is 0.868. The van der Waals surface area contributed by atoms with E-state index in [4.69, 9.17) is 4.99 Å². The fraction of sp³-hybridized carbons (Fsp3) is 0.474. The van der Waals surface area contributed by atoms with Crippen LogP contribution >= 0.6 is 15.9 Å². The maximum atomic E-state index is 4.71. The number of nitrogens with zero attached hydrogens (tertiary/aromatic N) is 3. The second kappa shape index (κ2) is 8.04. The van der Waals surface area contributed by atoms with Crippen LogP contribution in [-0.2, 0) is 19.0 Å². The molecule has 1 aliphatic rings. The minimum Gasteiger partial charge on any atom is -0.357 e. The van der Waals surface area contributed by atoms with E-state index in [2.05, 4.69) is 62.9 Å². The van der Waals surface area contributed by atoms with Gasteiger partial charge in [-0.05, 0) is 43.5 Å². The molecule has 1 heterocycles. The van der Waals surface area contributed by atoms with Gasteiger partial charge in [0.05, 0.1) is 12.2 Å². The number of benzene rings is 1. The highest BCUT2D eigenvalue weighted by molar-refractivity contribution is 9.10. The van der Waals surface area contributed by atoms with E-state index in [0.29, 0.717) is 6.54 Å². The fourth-order valence-corrected chi connectivity index (χ4v) is 3.55. The summed E-state index contributed by atoms with van der Waals surface area (Å²) in [4.78, 5) is 4.71. The SMILES string of the molecule is CCNC(=NCc1ccnn1C)NCC1(c2ccc(Br)cc2)CCC1. The summed E-state index contributed by atoms with van der Waals surface area (Å²) < 4.78 is 2.99. The molecule has 1 fully saturated rings. The van der Waals surface area contributed by atoms with Crippen molar-refractivity contribution in [3.8, 4) is 0 Å². The highest BCUT2D eigenvalue weighted by atomic mass is 79.9. The van der Waals surface area contributed by atoms with Crippen LogP contribution in [0.25, 0.3) is 0 Å². The number of hydrogen-bond acceptors (Lipinski definition) is 2. The molecule has 25 heavy (non-hydrogen) atoms. The standard InChI is InChI=1S/C19H26BrN5/c1-3-21-18(22-13-17-9-12-24-25(17)2)23-14-19(10-4-11-19)15-5-7-16(20)8-6-15/h5-9,12H,3-4,10-11,13-14H2,1-2H3,(H2,21,22,23). The first-order chi connectivity index (χ1) is 12.1. The molecule has 1 aliphatic carbocycles. The summed E-state index contributed by atoms with van der Waals surface area (Å²) >= 11 is 3.53. The number of nitrogens with one attached hydrogen (secondary N) is 2. The molecule has 1 aromatic carbocycles. The number of rotatable bonds is 6. The topological polar surface area (TPSA) is 54.2 Å². The average Bonchev–Trinajstić information content (AvgIpc) is 2.98. The van der Waals surface area contributed by atoms with Crippen LogP contribution in [-0.4, -0.2) is 28.8 Å². The molecule has 5 nitrogen and oxygen atoms in total. The summed E-state index contributed by atoms with van der Waals surface area (Å²) in [5, 5.41) is 11.1. The van der Waals surface area contributed by atoms with E-state index >= 15 is 0 Å². The lowest BCUT2D eigenvalue weighted by Gasteiger charge is -2.43. The third kappa shape index (κ3) is 4.24. The first kappa shape index (κ1) is 18.0. The van der Waals surface area contributed by atoms with Gasteiger partial charge in [-0.15, -0.1) is 0 Å². The highest BCUT2D eigenvalue weighted by Crippen LogP contribution is 2.43. The number of guanidine groups is 1. The van der Waals surface area contributed by atoms with Gasteiger partial charge in [-0.3, -0.25) is 4.68 Å². The number of aromatic nitrogens is 2. The van der Waals surface area contributed by atoms with Gasteiger partial charge in [0.2, 0.25) is 0 Å². The lowest BCUT2D eigenvalue weighted by atomic mass is 9.64. The van der Waals surface area contributed by atoms with Crippen molar-refractivity contribution in [3.05, 3.63) is 52.3 Å². The van der Waals surface area contributed by atoms with Gasteiger partial charge >= 0.3 is 0 Å². The average molecular weight is 404 g/mol. The molecule has 6 heteroatoms. The monoisotopic (exact) mass is 403 g/mol. The quantitative estimate of drug-likeness (QED) is 0.574. The molecule has 1 aromatic heterocycles. The molecule has 0 aliphatic heterocycles. The van der Waals surface area contributed by atoms with E-state index in [0.717, 1.165) is 29.2 Å². The van der Waals surface area contributed by atoms with Gasteiger partial charge in [-0.1, -0.05) is 34.5 Å².